The molecule has 0 aliphatic carbocycles. The van der Waals surface area contributed by atoms with Crippen LogP contribution in [0.1, 0.15) is 97.0 Å². The smallest absolute Gasteiger partial charge is 0.302 e. The molecule has 0 unspecified atom stereocenters. The third kappa shape index (κ3) is 27.8. The molecule has 0 saturated carbocycles. The summed E-state index contributed by atoms with van der Waals surface area (Å²) in [4.78, 5) is 9.59. The summed E-state index contributed by atoms with van der Waals surface area (Å²) in [6, 6.07) is 10.8. The standard InChI is InChI=1S/C8H15N2.C7H7.2C6H11N2.C4H7N3.C3H6O2.2C2H6.3CH4.Y/c1-6-7(2)10(5)8(3)9(6)4;1-7-5-3-2-4-6-7;1-6-4-7(2)5-8(6)3;1-6-7(2)4-5-8(6)3;1-4-6-5-3-7(4)2;1-3(4)5-2;2*1-2;;;;/h1-5H3;3-6H,1H3;2*4-5H,1-3H3;3H,1-2H3;1-2H3;2*1-2H3;3*1H4;/q+1;-1;2*+1;;;;;;;;. The molecule has 53 heavy (non-hydrogen) atoms. The summed E-state index contributed by atoms with van der Waals surface area (Å²) in [7, 11) is 15.6. The van der Waals surface area contributed by atoms with Gasteiger partial charge in [-0.25, -0.2) is 27.4 Å². The van der Waals surface area contributed by atoms with E-state index < -0.39 is 0 Å². The summed E-state index contributed by atoms with van der Waals surface area (Å²) in [6.45, 7) is 23.9. The summed E-state index contributed by atoms with van der Waals surface area (Å²) in [5, 5.41) is 7.36. The van der Waals surface area contributed by atoms with Crippen molar-refractivity contribution in [1.29, 1.82) is 0 Å². The maximum atomic E-state index is 9.59. The topological polar surface area (TPSA) is 83.4 Å². The predicted octanol–water partition coefficient (Wildman–Crippen LogP) is 7.15. The number of nitrogens with zero attached hydrogens (tertiary/aromatic N) is 9. The van der Waals surface area contributed by atoms with Crippen LogP contribution in [-0.4, -0.2) is 41.5 Å². The molecule has 0 aliphatic rings. The fourth-order valence-electron chi connectivity index (χ4n) is 3.45. The zero-order valence-electron chi connectivity index (χ0n) is 35.1. The number of hydrogen-bond donors (Lipinski definition) is 0. The molecule has 4 aromatic heterocycles. The van der Waals surface area contributed by atoms with E-state index in [0.29, 0.717) is 0 Å². The number of aryl methyl sites for hydroxylation is 8. The van der Waals surface area contributed by atoms with Gasteiger partial charge in [0.05, 0.1) is 49.4 Å². The molecule has 1 radical (unpaired) electrons. The third-order valence-corrected chi connectivity index (χ3v) is 7.45. The molecule has 12 heteroatoms. The fraction of sp³-hybridized carbons (Fsp3) is 0.561. The molecular formula is C41H81N9O2Y+2. The average molecular weight is 821 g/mol. The second-order valence-corrected chi connectivity index (χ2v) is 10.8. The van der Waals surface area contributed by atoms with Gasteiger partial charge in [0.1, 0.15) is 47.8 Å². The first kappa shape index (κ1) is 64.5. The van der Waals surface area contributed by atoms with E-state index in [2.05, 4.69) is 106 Å². The number of benzene rings is 1. The molecule has 0 N–H and O–H groups in total. The number of imidazole rings is 3. The van der Waals surface area contributed by atoms with Crippen molar-refractivity contribution in [2.24, 2.45) is 49.3 Å². The Balaban J connectivity index is -0.0000000934. The minimum atomic E-state index is -0.245. The first-order valence-electron chi connectivity index (χ1n) is 16.7. The zero-order chi connectivity index (χ0) is 38.9. The Morgan fingerprint density at radius 1 is 0.792 bits per heavy atom. The molecule has 0 fully saturated rings. The van der Waals surface area contributed by atoms with Crippen LogP contribution in [0.2, 0.25) is 0 Å². The van der Waals surface area contributed by atoms with E-state index in [1.165, 1.54) is 48.3 Å². The molecule has 0 atom stereocenters. The van der Waals surface area contributed by atoms with E-state index in [0.717, 1.165) is 5.82 Å². The zero-order valence-corrected chi connectivity index (χ0v) is 38.0. The largest absolute Gasteiger partial charge is 0.469 e. The molecule has 5 rings (SSSR count). The van der Waals surface area contributed by atoms with Gasteiger partial charge in [0.25, 0.3) is 11.6 Å². The number of carbonyl (C=O) groups is 1. The number of methoxy groups -OCH3 is 1. The maximum absolute atomic E-state index is 9.59. The SMILES string of the molecule is C.C.C.CC.CC.COC(C)=O.Cc1c(C)[n+](C)c(C)n1C.Cc1c[n+](C)cn1C.Cc1cc[c-]cc1.Cc1n(C)cc[n+]1C.Cc1nncn1C.[Y]. The summed E-state index contributed by atoms with van der Waals surface area (Å²) in [6.07, 6.45) is 9.87. The van der Waals surface area contributed by atoms with Gasteiger partial charge in [0.15, 0.2) is 0 Å². The molecule has 0 aliphatic heterocycles. The molecule has 0 amide bonds. The minimum Gasteiger partial charge on any atom is -0.469 e. The van der Waals surface area contributed by atoms with Crippen LogP contribution in [0.5, 0.6) is 0 Å². The van der Waals surface area contributed by atoms with Gasteiger partial charge < -0.3 is 9.30 Å². The Kier molecular flexibility index (Phi) is 44.9. The van der Waals surface area contributed by atoms with Crippen LogP contribution in [0.15, 0.2) is 55.5 Å². The average Bonchev–Trinajstić information content (AvgIpc) is 3.77. The molecular weight excluding hydrogens is 739 g/mol. The van der Waals surface area contributed by atoms with E-state index in [1.807, 2.05) is 122 Å². The van der Waals surface area contributed by atoms with Gasteiger partial charge in [0, 0.05) is 81.3 Å². The van der Waals surface area contributed by atoms with Gasteiger partial charge in [-0.05, 0) is 6.92 Å². The van der Waals surface area contributed by atoms with Crippen LogP contribution in [0, 0.1) is 54.5 Å². The van der Waals surface area contributed by atoms with E-state index in [9.17, 15) is 4.79 Å². The van der Waals surface area contributed by atoms with Gasteiger partial charge in [-0.15, -0.1) is 10.2 Å². The molecule has 0 saturated heterocycles. The Morgan fingerprint density at radius 3 is 1.38 bits per heavy atom. The summed E-state index contributed by atoms with van der Waals surface area (Å²) in [5.74, 6) is 3.27. The Bertz CT molecular complexity index is 1430. The number of rotatable bonds is 0. The van der Waals surface area contributed by atoms with Gasteiger partial charge in [-0.1, -0.05) is 56.9 Å². The van der Waals surface area contributed by atoms with Crippen molar-refractivity contribution in [3.8, 4) is 0 Å². The van der Waals surface area contributed by atoms with E-state index in [-0.39, 0.29) is 61.0 Å². The quantitative estimate of drug-likeness (QED) is 0.0945. The van der Waals surface area contributed by atoms with E-state index in [4.69, 9.17) is 0 Å². The van der Waals surface area contributed by atoms with Crippen molar-refractivity contribution in [3.63, 3.8) is 0 Å². The molecule has 4 heterocycles. The molecule has 0 spiro atoms. The van der Waals surface area contributed by atoms with Gasteiger partial charge in [0.2, 0.25) is 6.33 Å². The Morgan fingerprint density at radius 2 is 1.26 bits per heavy atom. The molecule has 11 nitrogen and oxygen atoms in total. The van der Waals surface area contributed by atoms with Crippen LogP contribution in [0.25, 0.3) is 0 Å². The first-order valence-corrected chi connectivity index (χ1v) is 16.7. The molecule has 1 aromatic carbocycles. The van der Waals surface area contributed by atoms with Crippen molar-refractivity contribution >= 4 is 5.97 Å². The van der Waals surface area contributed by atoms with Crippen molar-refractivity contribution in [2.45, 2.75) is 105 Å². The van der Waals surface area contributed by atoms with Crippen LogP contribution in [-0.2, 0) is 91.6 Å². The summed E-state index contributed by atoms with van der Waals surface area (Å²) < 4.78 is 18.7. The number of ether oxygens (including phenoxy) is 1. The Hall–Kier alpha value is -3.44. The van der Waals surface area contributed by atoms with Crippen LogP contribution >= 0.6 is 0 Å². The van der Waals surface area contributed by atoms with Crippen LogP contribution < -0.4 is 13.7 Å². The number of hydrogen-bond acceptors (Lipinski definition) is 4. The van der Waals surface area contributed by atoms with Crippen molar-refractivity contribution in [2.75, 3.05) is 7.11 Å². The normalized spacial score (nSPS) is 8.23. The minimum absolute atomic E-state index is 0. The molecule has 5 aromatic rings. The predicted molar refractivity (Wildman–Crippen MR) is 220 cm³/mol. The van der Waals surface area contributed by atoms with Crippen molar-refractivity contribution in [1.82, 2.24) is 28.5 Å². The summed E-state index contributed by atoms with van der Waals surface area (Å²) in [5.41, 5.74) is 5.27. The first-order chi connectivity index (χ1) is 22.9. The molecule has 303 valence electrons. The van der Waals surface area contributed by atoms with Gasteiger partial charge in [-0.3, -0.25) is 4.79 Å². The van der Waals surface area contributed by atoms with E-state index in [1.54, 1.807) is 6.33 Å². The fourth-order valence-corrected chi connectivity index (χ4v) is 3.45. The second-order valence-electron chi connectivity index (χ2n) is 10.8. The third-order valence-electron chi connectivity index (χ3n) is 7.45. The number of esters is 1. The summed E-state index contributed by atoms with van der Waals surface area (Å²) >= 11 is 0. The van der Waals surface area contributed by atoms with Gasteiger partial charge >= 0.3 is 5.97 Å². The number of carbonyl (C=O) groups excluding carboxylic acids is 1. The van der Waals surface area contributed by atoms with Gasteiger partial charge in [-0.2, -0.15) is 35.9 Å². The second kappa shape index (κ2) is 36.9. The Labute approximate surface area is 352 Å². The van der Waals surface area contributed by atoms with Crippen LogP contribution in [0.3, 0.4) is 0 Å². The van der Waals surface area contributed by atoms with E-state index >= 15 is 0 Å². The van der Waals surface area contributed by atoms with Crippen molar-refractivity contribution in [3.05, 3.63) is 102 Å². The van der Waals surface area contributed by atoms with Crippen molar-refractivity contribution < 1.29 is 55.9 Å². The van der Waals surface area contributed by atoms with Crippen LogP contribution in [0.4, 0.5) is 0 Å². The molecule has 0 bridgehead atoms. The maximum Gasteiger partial charge on any atom is 0.302 e. The monoisotopic (exact) mass is 821 g/mol. The number of aromatic nitrogens is 9.